The summed E-state index contributed by atoms with van der Waals surface area (Å²) < 4.78 is 27.3. The molecule has 1 heterocycles. The third-order valence-corrected chi connectivity index (χ3v) is 6.60. The number of fused-ring (bicyclic) bond motifs is 1. The van der Waals surface area contributed by atoms with Crippen LogP contribution < -0.4 is 9.62 Å². The number of hydrogen-bond acceptors (Lipinski definition) is 4. The van der Waals surface area contributed by atoms with Gasteiger partial charge in [0.05, 0.1) is 23.4 Å². The number of aryl methyl sites for hydroxylation is 1. The van der Waals surface area contributed by atoms with E-state index in [4.69, 9.17) is 0 Å². The fourth-order valence-corrected chi connectivity index (χ4v) is 4.78. The monoisotopic (exact) mass is 430 g/mol. The van der Waals surface area contributed by atoms with Gasteiger partial charge in [-0.15, -0.1) is 11.3 Å². The molecule has 0 aliphatic rings. The van der Waals surface area contributed by atoms with Crippen molar-refractivity contribution in [1.29, 1.82) is 0 Å². The van der Waals surface area contributed by atoms with Crippen LogP contribution in [0.15, 0.2) is 48.5 Å². The summed E-state index contributed by atoms with van der Waals surface area (Å²) in [5.41, 5.74) is 2.30. The number of anilines is 1. The molecule has 0 atom stereocenters. The first kappa shape index (κ1) is 21.3. The molecule has 0 unspecified atom stereocenters. The van der Waals surface area contributed by atoms with E-state index in [1.165, 1.54) is 21.9 Å². The maximum absolute atomic E-state index is 12.5. The maximum Gasteiger partial charge on any atom is 0.261 e. The second-order valence-corrected chi connectivity index (χ2v) is 11.3. The molecule has 2 aromatic carbocycles. The first-order chi connectivity index (χ1) is 13.4. The lowest BCUT2D eigenvalue weighted by molar-refractivity contribution is 0.0924. The van der Waals surface area contributed by atoms with Gasteiger partial charge in [-0.25, -0.2) is 8.42 Å². The van der Waals surface area contributed by atoms with Crippen molar-refractivity contribution in [2.24, 2.45) is 0 Å². The van der Waals surface area contributed by atoms with Gasteiger partial charge in [-0.3, -0.25) is 9.10 Å². The highest BCUT2D eigenvalue weighted by atomic mass is 32.2. The number of rotatable bonds is 5. The number of thiophene rings is 1. The Kier molecular flexibility index (Phi) is 5.74. The van der Waals surface area contributed by atoms with Crippen molar-refractivity contribution >= 4 is 43.0 Å². The SMILES string of the molecule is Cc1ccc(CN(c2ccc3sc(C(=O)NC(C)(C)C)cc3c2)S(C)(=O)=O)cc1. The molecule has 29 heavy (non-hydrogen) atoms. The predicted molar refractivity (Wildman–Crippen MR) is 121 cm³/mol. The zero-order chi connectivity index (χ0) is 21.4. The highest BCUT2D eigenvalue weighted by Crippen LogP contribution is 2.31. The molecule has 3 rings (SSSR count). The third kappa shape index (κ3) is 5.36. The number of nitrogens with zero attached hydrogens (tertiary/aromatic N) is 1. The average Bonchev–Trinajstić information content (AvgIpc) is 3.02. The molecule has 1 N–H and O–H groups in total. The third-order valence-electron chi connectivity index (χ3n) is 4.35. The smallest absolute Gasteiger partial charge is 0.261 e. The zero-order valence-corrected chi connectivity index (χ0v) is 18.9. The van der Waals surface area contributed by atoms with Crippen LogP contribution in [0.25, 0.3) is 10.1 Å². The second-order valence-electron chi connectivity index (χ2n) is 8.29. The lowest BCUT2D eigenvalue weighted by atomic mass is 10.1. The summed E-state index contributed by atoms with van der Waals surface area (Å²) in [7, 11) is -3.47. The van der Waals surface area contributed by atoms with Crippen molar-refractivity contribution in [1.82, 2.24) is 5.32 Å². The molecule has 0 spiro atoms. The van der Waals surface area contributed by atoms with E-state index in [9.17, 15) is 13.2 Å². The predicted octanol–water partition coefficient (Wildman–Crippen LogP) is 4.70. The van der Waals surface area contributed by atoms with Crippen molar-refractivity contribution in [3.05, 3.63) is 64.5 Å². The Morgan fingerprint density at radius 2 is 1.72 bits per heavy atom. The van der Waals surface area contributed by atoms with Crippen LogP contribution in [0.4, 0.5) is 5.69 Å². The molecular weight excluding hydrogens is 404 g/mol. The van der Waals surface area contributed by atoms with Crippen LogP contribution in [-0.2, 0) is 16.6 Å². The van der Waals surface area contributed by atoms with Crippen LogP contribution in [0.5, 0.6) is 0 Å². The van der Waals surface area contributed by atoms with Crippen molar-refractivity contribution in [3.63, 3.8) is 0 Å². The summed E-state index contributed by atoms with van der Waals surface area (Å²) in [6, 6.07) is 15.1. The summed E-state index contributed by atoms with van der Waals surface area (Å²) >= 11 is 1.40. The molecule has 1 amide bonds. The molecule has 0 saturated heterocycles. The molecular formula is C22H26N2O3S2. The van der Waals surface area contributed by atoms with Crippen LogP contribution in [-0.4, -0.2) is 26.1 Å². The first-order valence-corrected chi connectivity index (χ1v) is 12.0. The molecule has 154 valence electrons. The van der Waals surface area contributed by atoms with Crippen LogP contribution in [0, 0.1) is 6.92 Å². The molecule has 1 aromatic heterocycles. The minimum absolute atomic E-state index is 0.125. The number of hydrogen-bond donors (Lipinski definition) is 1. The van der Waals surface area contributed by atoms with E-state index < -0.39 is 10.0 Å². The van der Waals surface area contributed by atoms with Gasteiger partial charge in [-0.2, -0.15) is 0 Å². The van der Waals surface area contributed by atoms with Crippen molar-refractivity contribution in [2.45, 2.75) is 39.8 Å². The van der Waals surface area contributed by atoms with Gasteiger partial charge < -0.3 is 5.32 Å². The Balaban J connectivity index is 1.95. The average molecular weight is 431 g/mol. The Morgan fingerprint density at radius 1 is 1.07 bits per heavy atom. The molecule has 7 heteroatoms. The van der Waals surface area contributed by atoms with Gasteiger partial charge in [0.25, 0.3) is 5.91 Å². The minimum atomic E-state index is -3.47. The largest absolute Gasteiger partial charge is 0.347 e. The van der Waals surface area contributed by atoms with Gasteiger partial charge in [-0.05, 0) is 62.9 Å². The lowest BCUT2D eigenvalue weighted by Crippen LogP contribution is -2.40. The van der Waals surface area contributed by atoms with E-state index in [0.29, 0.717) is 10.6 Å². The summed E-state index contributed by atoms with van der Waals surface area (Å²) in [6.45, 7) is 8.06. The quantitative estimate of drug-likeness (QED) is 0.638. The maximum atomic E-state index is 12.5. The van der Waals surface area contributed by atoms with Gasteiger partial charge in [0.1, 0.15) is 0 Å². The fourth-order valence-electron chi connectivity index (χ4n) is 2.96. The van der Waals surface area contributed by atoms with Crippen LogP contribution in [0.2, 0.25) is 0 Å². The van der Waals surface area contributed by atoms with Gasteiger partial charge >= 0.3 is 0 Å². The summed E-state index contributed by atoms with van der Waals surface area (Å²) in [5.74, 6) is -0.125. The number of amides is 1. The molecule has 5 nitrogen and oxygen atoms in total. The van der Waals surface area contributed by atoms with Crippen molar-refractivity contribution in [2.75, 3.05) is 10.6 Å². The first-order valence-electron chi connectivity index (χ1n) is 9.32. The van der Waals surface area contributed by atoms with Crippen LogP contribution in [0.3, 0.4) is 0 Å². The molecule has 0 aliphatic carbocycles. The van der Waals surface area contributed by atoms with E-state index in [0.717, 1.165) is 21.2 Å². The van der Waals surface area contributed by atoms with Crippen LogP contribution >= 0.6 is 11.3 Å². The van der Waals surface area contributed by atoms with E-state index in [1.807, 2.05) is 70.2 Å². The van der Waals surface area contributed by atoms with Gasteiger partial charge in [0, 0.05) is 10.2 Å². The Labute approximate surface area is 176 Å². The molecule has 0 saturated carbocycles. The van der Waals surface area contributed by atoms with Crippen LogP contribution in [0.1, 0.15) is 41.6 Å². The standard InChI is InChI=1S/C22H26N2O3S2/c1-15-6-8-16(9-7-15)14-24(29(5,26)27)18-10-11-19-17(12-18)13-20(28-19)21(25)23-22(2,3)4/h6-13H,14H2,1-5H3,(H,23,25). The zero-order valence-electron chi connectivity index (χ0n) is 17.3. The number of nitrogens with one attached hydrogen (secondary N) is 1. The van der Waals surface area contributed by atoms with E-state index in [2.05, 4.69) is 5.32 Å². The summed E-state index contributed by atoms with van der Waals surface area (Å²) in [4.78, 5) is 13.1. The molecule has 0 fully saturated rings. The summed E-state index contributed by atoms with van der Waals surface area (Å²) in [5, 5.41) is 3.81. The highest BCUT2D eigenvalue weighted by Gasteiger charge is 2.20. The number of sulfonamides is 1. The van der Waals surface area contributed by atoms with Crippen molar-refractivity contribution in [3.8, 4) is 0 Å². The summed E-state index contributed by atoms with van der Waals surface area (Å²) in [6.07, 6.45) is 1.21. The number of carbonyl (C=O) groups excluding carboxylic acids is 1. The minimum Gasteiger partial charge on any atom is -0.347 e. The lowest BCUT2D eigenvalue weighted by Gasteiger charge is -2.22. The van der Waals surface area contributed by atoms with Gasteiger partial charge in [0.2, 0.25) is 10.0 Å². The fraction of sp³-hybridized carbons (Fsp3) is 0.318. The van der Waals surface area contributed by atoms with E-state index in [1.54, 1.807) is 6.07 Å². The molecule has 0 radical (unpaired) electrons. The van der Waals surface area contributed by atoms with Crippen molar-refractivity contribution < 1.29 is 13.2 Å². The Bertz CT molecular complexity index is 1140. The topological polar surface area (TPSA) is 66.5 Å². The highest BCUT2D eigenvalue weighted by molar-refractivity contribution is 7.92. The Hall–Kier alpha value is -2.38. The Morgan fingerprint density at radius 3 is 2.31 bits per heavy atom. The number of carbonyl (C=O) groups is 1. The number of benzene rings is 2. The van der Waals surface area contributed by atoms with Gasteiger partial charge in [-0.1, -0.05) is 29.8 Å². The normalized spacial score (nSPS) is 12.2. The van der Waals surface area contributed by atoms with E-state index >= 15 is 0 Å². The van der Waals surface area contributed by atoms with Gasteiger partial charge in [0.15, 0.2) is 0 Å². The molecule has 0 aliphatic heterocycles. The molecule has 3 aromatic rings. The molecule has 0 bridgehead atoms. The van der Waals surface area contributed by atoms with E-state index in [-0.39, 0.29) is 18.0 Å². The second kappa shape index (κ2) is 7.80.